The molecule has 0 aliphatic carbocycles. The predicted octanol–water partition coefficient (Wildman–Crippen LogP) is 2.12. The lowest BCUT2D eigenvalue weighted by molar-refractivity contribution is -0.142. The van der Waals surface area contributed by atoms with Crippen LogP contribution in [0.5, 0.6) is 0 Å². The van der Waals surface area contributed by atoms with Crippen LogP contribution in [0.2, 0.25) is 0 Å². The molecule has 0 spiro atoms. The van der Waals surface area contributed by atoms with Gasteiger partial charge in [0.05, 0.1) is 0 Å². The first kappa shape index (κ1) is 24.4. The third-order valence-electron chi connectivity index (χ3n) is 5.12. The molecule has 10 heteroatoms. The highest BCUT2D eigenvalue weighted by molar-refractivity contribution is 7.91. The number of nitrogens with two attached hydrogens (primary N) is 1. The molecule has 0 radical (unpaired) electrons. The third kappa shape index (κ3) is 5.55. The van der Waals surface area contributed by atoms with Crippen molar-refractivity contribution in [1.82, 2.24) is 14.5 Å². The molecule has 3 rings (SSSR count). The first-order chi connectivity index (χ1) is 15.0. The zero-order valence-electron chi connectivity index (χ0n) is 18.6. The van der Waals surface area contributed by atoms with Crippen molar-refractivity contribution in [2.45, 2.75) is 50.7 Å². The first-order valence-corrected chi connectivity index (χ1v) is 12.8. The molecule has 174 valence electrons. The largest absolute Gasteiger partial charge is 0.349 e. The van der Waals surface area contributed by atoms with E-state index in [9.17, 15) is 18.0 Å². The highest BCUT2D eigenvalue weighted by Gasteiger charge is 2.47. The lowest BCUT2D eigenvalue weighted by Gasteiger charge is -2.30. The molecule has 2 heterocycles. The lowest BCUT2D eigenvalue weighted by atomic mass is 9.91. The van der Waals surface area contributed by atoms with Crippen molar-refractivity contribution < 1.29 is 18.0 Å². The Bertz CT molecular complexity index is 1060. The molecule has 32 heavy (non-hydrogen) atoms. The monoisotopic (exact) mass is 478 g/mol. The summed E-state index contributed by atoms with van der Waals surface area (Å²) < 4.78 is 27.7. The number of nitrogens with one attached hydrogen (secondary N) is 1. The van der Waals surface area contributed by atoms with Crippen molar-refractivity contribution in [3.63, 3.8) is 0 Å². The number of nitrogens with zero attached hydrogens (tertiary/aromatic N) is 2. The Hall–Kier alpha value is -2.27. The zero-order valence-corrected chi connectivity index (χ0v) is 20.2. The average molecular weight is 479 g/mol. The predicted molar refractivity (Wildman–Crippen MR) is 124 cm³/mol. The van der Waals surface area contributed by atoms with E-state index in [2.05, 4.69) is 5.32 Å². The summed E-state index contributed by atoms with van der Waals surface area (Å²) in [5.74, 6) is -0.769. The molecule has 1 atom stereocenters. The number of hydrogen-bond acceptors (Lipinski definition) is 6. The van der Waals surface area contributed by atoms with E-state index in [4.69, 9.17) is 5.73 Å². The van der Waals surface area contributed by atoms with Crippen LogP contribution in [0.3, 0.4) is 0 Å². The molecule has 0 saturated carbocycles. The molecule has 1 fully saturated rings. The molecule has 1 aliphatic rings. The molecular weight excluding hydrogens is 448 g/mol. The molecular formula is C22H30N4O4S2. The van der Waals surface area contributed by atoms with Gasteiger partial charge in [-0.3, -0.25) is 9.59 Å². The van der Waals surface area contributed by atoms with Gasteiger partial charge >= 0.3 is 0 Å². The molecule has 2 aromatic rings. The van der Waals surface area contributed by atoms with Crippen molar-refractivity contribution in [3.05, 3.63) is 52.9 Å². The summed E-state index contributed by atoms with van der Waals surface area (Å²) in [4.78, 5) is 27.6. The van der Waals surface area contributed by atoms with E-state index >= 15 is 0 Å². The van der Waals surface area contributed by atoms with Gasteiger partial charge in [0.1, 0.15) is 4.21 Å². The van der Waals surface area contributed by atoms with E-state index in [1.165, 1.54) is 11.0 Å². The topological polar surface area (TPSA) is 113 Å². The van der Waals surface area contributed by atoms with Crippen molar-refractivity contribution in [3.8, 4) is 0 Å². The summed E-state index contributed by atoms with van der Waals surface area (Å²) in [6, 6.07) is 10.6. The summed E-state index contributed by atoms with van der Waals surface area (Å²) in [6.07, 6.45) is -1.02. The number of rotatable bonds is 7. The number of hydrogen-bond donors (Lipinski definition) is 2. The van der Waals surface area contributed by atoms with Crippen molar-refractivity contribution >= 4 is 33.2 Å². The molecule has 1 saturated heterocycles. The first-order valence-electron chi connectivity index (χ1n) is 10.4. The van der Waals surface area contributed by atoms with Crippen LogP contribution in [0.1, 0.15) is 38.3 Å². The standard InChI is InChI=1S/C22H30N4O4S2/c1-22(2,3)13-18(27)25-9-10-26(32(29,30)19-8-5-11-31-19)21(25)20(28)24-15-17-7-4-6-16(12-17)14-23/h4-8,11-12,21H,9-10,13-15,23H2,1-3H3,(H,24,28). The Balaban J connectivity index is 1.86. The van der Waals surface area contributed by atoms with Crippen molar-refractivity contribution in [1.29, 1.82) is 0 Å². The fourth-order valence-corrected chi connectivity index (χ4v) is 6.28. The van der Waals surface area contributed by atoms with Crippen molar-refractivity contribution in [2.75, 3.05) is 13.1 Å². The van der Waals surface area contributed by atoms with E-state index in [0.29, 0.717) is 6.54 Å². The lowest BCUT2D eigenvalue weighted by Crippen LogP contribution is -2.53. The van der Waals surface area contributed by atoms with Gasteiger partial charge in [0.15, 0.2) is 6.17 Å². The van der Waals surface area contributed by atoms with Gasteiger partial charge < -0.3 is 16.0 Å². The Morgan fingerprint density at radius 2 is 1.88 bits per heavy atom. The van der Waals surface area contributed by atoms with Crippen LogP contribution in [-0.4, -0.2) is 48.7 Å². The molecule has 1 aromatic heterocycles. The number of benzene rings is 1. The number of carbonyl (C=O) groups is 2. The number of thiophene rings is 1. The van der Waals surface area contributed by atoms with Crippen LogP contribution in [0.15, 0.2) is 46.0 Å². The number of sulfonamides is 1. The van der Waals surface area contributed by atoms with Gasteiger partial charge in [-0.2, -0.15) is 4.31 Å². The van der Waals surface area contributed by atoms with Gasteiger partial charge in [0.25, 0.3) is 15.9 Å². The second-order valence-corrected chi connectivity index (χ2v) is 12.1. The van der Waals surface area contributed by atoms with Crippen LogP contribution in [0.4, 0.5) is 0 Å². The maximum atomic E-state index is 13.2. The molecule has 2 amide bonds. The summed E-state index contributed by atoms with van der Waals surface area (Å²) in [5.41, 5.74) is 7.17. The highest BCUT2D eigenvalue weighted by Crippen LogP contribution is 2.29. The van der Waals surface area contributed by atoms with E-state index in [1.54, 1.807) is 11.4 Å². The smallest absolute Gasteiger partial charge is 0.259 e. The third-order valence-corrected chi connectivity index (χ3v) is 8.34. The van der Waals surface area contributed by atoms with Crippen LogP contribution in [0, 0.1) is 5.41 Å². The van der Waals surface area contributed by atoms with Gasteiger partial charge in [-0.25, -0.2) is 8.42 Å². The van der Waals surface area contributed by atoms with Gasteiger partial charge in [0.2, 0.25) is 5.91 Å². The number of amides is 2. The molecule has 1 aliphatic heterocycles. The quantitative estimate of drug-likeness (QED) is 0.633. The molecule has 1 unspecified atom stereocenters. The molecule has 1 aromatic carbocycles. The van der Waals surface area contributed by atoms with Crippen molar-refractivity contribution in [2.24, 2.45) is 11.1 Å². The van der Waals surface area contributed by atoms with E-state index in [-0.39, 0.29) is 41.6 Å². The Morgan fingerprint density at radius 1 is 1.16 bits per heavy atom. The normalized spacial score (nSPS) is 17.5. The number of carbonyl (C=O) groups excluding carboxylic acids is 2. The molecule has 8 nitrogen and oxygen atoms in total. The van der Waals surface area contributed by atoms with Gasteiger partial charge in [-0.1, -0.05) is 51.1 Å². The Labute approximate surface area is 193 Å². The minimum Gasteiger partial charge on any atom is -0.349 e. The van der Waals surface area contributed by atoms with Gasteiger partial charge in [-0.15, -0.1) is 11.3 Å². The maximum Gasteiger partial charge on any atom is 0.259 e. The van der Waals surface area contributed by atoms with Crippen LogP contribution >= 0.6 is 11.3 Å². The zero-order chi connectivity index (χ0) is 23.5. The highest BCUT2D eigenvalue weighted by atomic mass is 32.2. The second-order valence-electron chi connectivity index (χ2n) is 8.99. The van der Waals surface area contributed by atoms with Crippen LogP contribution in [-0.2, 0) is 32.7 Å². The summed E-state index contributed by atoms with van der Waals surface area (Å²) in [5, 5.41) is 4.48. The summed E-state index contributed by atoms with van der Waals surface area (Å²) in [6.45, 7) is 6.61. The Kier molecular flexibility index (Phi) is 7.39. The minimum atomic E-state index is -3.91. The van der Waals surface area contributed by atoms with Crippen LogP contribution in [0.25, 0.3) is 0 Å². The maximum absolute atomic E-state index is 13.2. The minimum absolute atomic E-state index is 0.0663. The molecule has 0 bridgehead atoms. The van der Waals surface area contributed by atoms with Gasteiger partial charge in [-0.05, 0) is 28.0 Å². The summed E-state index contributed by atoms with van der Waals surface area (Å²) >= 11 is 1.09. The SMILES string of the molecule is CC(C)(C)CC(=O)N1CCN(S(=O)(=O)c2cccs2)C1C(=O)NCc1cccc(CN)c1. The Morgan fingerprint density at radius 3 is 2.50 bits per heavy atom. The van der Waals surface area contributed by atoms with Crippen LogP contribution < -0.4 is 11.1 Å². The van der Waals surface area contributed by atoms with E-state index in [0.717, 1.165) is 26.8 Å². The van der Waals surface area contributed by atoms with E-state index < -0.39 is 22.1 Å². The van der Waals surface area contributed by atoms with E-state index in [1.807, 2.05) is 45.0 Å². The second kappa shape index (κ2) is 9.70. The van der Waals surface area contributed by atoms with Gasteiger partial charge in [0, 0.05) is 32.6 Å². The average Bonchev–Trinajstić information content (AvgIpc) is 3.41. The fourth-order valence-electron chi connectivity index (χ4n) is 3.62. The summed E-state index contributed by atoms with van der Waals surface area (Å²) in [7, 11) is -3.91. The molecule has 3 N–H and O–H groups in total. The fraction of sp³-hybridized carbons (Fsp3) is 0.455.